The Balaban J connectivity index is 0.000000632. The van der Waals surface area contributed by atoms with Gasteiger partial charge in [-0.3, -0.25) is 19.2 Å². The number of esters is 4. The van der Waals surface area contributed by atoms with Gasteiger partial charge in [0.1, 0.15) is 26.4 Å². The maximum absolute atomic E-state index is 12.1. The molecule has 1 aliphatic heterocycles. The fraction of sp³-hybridized carbons (Fsp3) is 0.619. The minimum Gasteiger partial charge on any atom is -0.461 e. The molecule has 1 fully saturated rings. The summed E-state index contributed by atoms with van der Waals surface area (Å²) in [7, 11) is 14.7. The quantitative estimate of drug-likeness (QED) is 0.0189. The molecule has 0 aromatic rings. The van der Waals surface area contributed by atoms with E-state index in [1.165, 1.54) is 234 Å². The Morgan fingerprint density at radius 3 is 0.849 bits per heavy atom. The lowest BCUT2D eigenvalue weighted by Gasteiger charge is -2.33. The summed E-state index contributed by atoms with van der Waals surface area (Å²) in [4.78, 5) is 58.9. The topological polar surface area (TPSA) is 121 Å². The average Bonchev–Trinajstić information content (AvgIpc) is 0.835. The van der Waals surface area contributed by atoms with Crippen LogP contribution >= 0.6 is 0 Å². The van der Waals surface area contributed by atoms with Crippen molar-refractivity contribution in [2.75, 3.05) is 128 Å². The molecule has 4 aliphatic carbocycles. The number of likely N-dealkylation sites (N-methyl/N-ethyl adjacent to an activating group) is 1. The summed E-state index contributed by atoms with van der Waals surface area (Å²) < 4.78 is 21.4. The van der Waals surface area contributed by atoms with Crippen LogP contribution in [0.1, 0.15) is 363 Å². The number of allylic oxidation sites excluding steroid dienone is 40. The molecule has 0 bridgehead atoms. The van der Waals surface area contributed by atoms with Crippen LogP contribution in [0.4, 0.5) is 0 Å². The number of ether oxygens (including phenoxy) is 4. The number of piperazine rings is 1. The highest BCUT2D eigenvalue weighted by Gasteiger charge is 2.30. The second-order valence-electron chi connectivity index (χ2n) is 43.6. The Bertz CT molecular complexity index is 4310. The molecule has 0 N–H and O–H groups in total. The molecule has 0 amide bonds. The Hall–Kier alpha value is -8.04. The highest BCUT2D eigenvalue weighted by Crippen LogP contribution is 2.44. The van der Waals surface area contributed by atoms with Gasteiger partial charge in [0.25, 0.3) is 0 Å². The molecule has 0 atom stereocenters. The van der Waals surface area contributed by atoms with Crippen molar-refractivity contribution in [2.24, 2.45) is 21.7 Å². The normalized spacial score (nSPS) is 18.3. The molecule has 780 valence electrons. The third kappa shape index (κ3) is 65.0. The second kappa shape index (κ2) is 74.8. The maximum Gasteiger partial charge on any atom is 0.307 e. The van der Waals surface area contributed by atoms with Crippen molar-refractivity contribution in [1.29, 1.82) is 0 Å². The van der Waals surface area contributed by atoms with Crippen LogP contribution in [0, 0.1) is 21.7 Å². The molecule has 13 nitrogen and oxygen atoms in total. The number of hydrogen-bond donors (Lipinski definition) is 0. The molecule has 0 radical (unpaired) electrons. The van der Waals surface area contributed by atoms with Crippen molar-refractivity contribution in [3.8, 4) is 0 Å². The Kier molecular flexibility index (Phi) is 68.4. The summed E-state index contributed by atoms with van der Waals surface area (Å²) in [6.07, 6.45) is 99.5. The predicted molar refractivity (Wildman–Crippen MR) is 602 cm³/mol. The number of nitrogens with zero attached hydrogens (tertiary/aromatic N) is 5. The van der Waals surface area contributed by atoms with Crippen molar-refractivity contribution >= 4 is 23.9 Å². The zero-order valence-electron chi connectivity index (χ0n) is 93.9. The minimum absolute atomic E-state index is 0.0807. The van der Waals surface area contributed by atoms with Crippen LogP contribution in [0.25, 0.3) is 0 Å². The first kappa shape index (κ1) is 127. The Morgan fingerprint density at radius 1 is 0.309 bits per heavy atom. The molecule has 5 rings (SSSR count). The van der Waals surface area contributed by atoms with Crippen molar-refractivity contribution in [1.82, 2.24) is 24.5 Å². The van der Waals surface area contributed by atoms with Gasteiger partial charge in [-0.05, 0) is 362 Å². The average molecular weight is 1920 g/mol. The first-order valence-corrected chi connectivity index (χ1v) is 53.9. The van der Waals surface area contributed by atoms with Gasteiger partial charge in [0.2, 0.25) is 0 Å². The zero-order chi connectivity index (χ0) is 103. The van der Waals surface area contributed by atoms with E-state index in [2.05, 4.69) is 310 Å². The zero-order valence-corrected chi connectivity index (χ0v) is 93.9. The first-order valence-electron chi connectivity index (χ1n) is 53.9. The second-order valence-corrected chi connectivity index (χ2v) is 43.6. The molecule has 1 saturated heterocycles. The standard InChI is InChI=1S/C39H63NO2.C33H55NO2.C28H44N2O2.C26H41NO2/c1-34(28-29-37-36(3)26-23-31-39(37,4)5)24-22-25-35(2)30-33-42-38(41)27-20-18-16-14-12-10-8-9-11-13-15-17-19-21-32-40(6)7;1-28(22-23-31-30(3)20-17-25-33(31,4)5)18-16-19-29(2)24-27-36-32(35)21-14-12-10-8-9-11-13-15-26-34(6)7;1-23(12-13-26-25(3)11-8-16-28(26,4)5)9-7-10-24(2)15-22-32-27(31)14-17-30-20-18-29(6)19-21-30;1-21(15-16-24-23(3)13-9-18-26(24,4)5)11-8-12-22(2)17-20-29-25(28)14-10-19-27(6)7/h8,10-11,13,22,24-25,28-30H,9,12,14-21,23,26-27,31-33H2,1-7H3;16,18-19,22-24H,8-15,17,20-21,25-27H2,1-7H3;7,9-10,12-13,15H,8,11,14,16-22H2,1-6H3;8,11-12,15-17H,9-10,13-14,18-20H2,1-7H3/b10-8-,13-11-,25-22+,29-28+,34-24+,35-30+;19-16+,23-22+,28-18+,29-24+;10-7+,13-12+,23-9+,24-15+;12-8+,16-15+,21-11+,22-17+. The van der Waals surface area contributed by atoms with Crippen LogP contribution in [0.15, 0.2) is 259 Å². The number of hydrogen-bond acceptors (Lipinski definition) is 13. The van der Waals surface area contributed by atoms with Crippen molar-refractivity contribution in [3.05, 3.63) is 259 Å². The lowest BCUT2D eigenvalue weighted by atomic mass is 9.72. The molecule has 0 unspecified atom stereocenters. The third-order valence-corrected chi connectivity index (χ3v) is 27.2. The van der Waals surface area contributed by atoms with Crippen LogP contribution < -0.4 is 0 Å². The Morgan fingerprint density at radius 2 is 0.561 bits per heavy atom. The fourth-order valence-corrected chi connectivity index (χ4v) is 18.0. The smallest absolute Gasteiger partial charge is 0.307 e. The van der Waals surface area contributed by atoms with Crippen molar-refractivity contribution < 1.29 is 38.1 Å². The van der Waals surface area contributed by atoms with Gasteiger partial charge in [-0.25, -0.2) is 0 Å². The molecule has 1 heterocycles. The van der Waals surface area contributed by atoms with Crippen LogP contribution in [-0.2, 0) is 38.1 Å². The molecule has 5 aliphatic rings. The van der Waals surface area contributed by atoms with E-state index >= 15 is 0 Å². The van der Waals surface area contributed by atoms with Gasteiger partial charge in [-0.15, -0.1) is 0 Å². The third-order valence-electron chi connectivity index (χ3n) is 27.2. The number of carbonyl (C=O) groups excluding carboxylic acids is 4. The molecule has 139 heavy (non-hydrogen) atoms. The number of unbranched alkanes of at least 4 members (excludes halogenated alkanes) is 14. The van der Waals surface area contributed by atoms with Gasteiger partial charge < -0.3 is 43.4 Å². The van der Waals surface area contributed by atoms with Gasteiger partial charge in [0, 0.05) is 52.0 Å². The van der Waals surface area contributed by atoms with Crippen LogP contribution in [0.5, 0.6) is 0 Å². The van der Waals surface area contributed by atoms with Crippen molar-refractivity contribution in [3.63, 3.8) is 0 Å². The van der Waals surface area contributed by atoms with E-state index in [1.54, 1.807) is 0 Å². The van der Waals surface area contributed by atoms with Gasteiger partial charge >= 0.3 is 23.9 Å². The molecule has 0 aromatic heterocycles. The molecular weight excluding hydrogens is 1710 g/mol. The van der Waals surface area contributed by atoms with E-state index in [4.69, 9.17) is 18.9 Å². The summed E-state index contributed by atoms with van der Waals surface area (Å²) in [6, 6.07) is 0. The van der Waals surface area contributed by atoms with Crippen molar-refractivity contribution in [2.45, 2.75) is 363 Å². The predicted octanol–water partition coefficient (Wildman–Crippen LogP) is 32.3. The lowest BCUT2D eigenvalue weighted by Crippen LogP contribution is -2.45. The molecule has 0 saturated carbocycles. The van der Waals surface area contributed by atoms with E-state index in [9.17, 15) is 19.2 Å². The summed E-state index contributed by atoms with van der Waals surface area (Å²) in [5.74, 6) is -0.421. The van der Waals surface area contributed by atoms with Gasteiger partial charge in [0.15, 0.2) is 0 Å². The minimum atomic E-state index is -0.129. The van der Waals surface area contributed by atoms with Crippen LogP contribution in [0.3, 0.4) is 0 Å². The number of rotatable bonds is 57. The lowest BCUT2D eigenvalue weighted by molar-refractivity contribution is -0.143. The van der Waals surface area contributed by atoms with E-state index in [0.29, 0.717) is 52.1 Å². The maximum atomic E-state index is 12.1. The number of carbonyl (C=O) groups is 4. The van der Waals surface area contributed by atoms with Crippen LogP contribution in [-0.4, -0.2) is 176 Å². The van der Waals surface area contributed by atoms with E-state index in [0.717, 1.165) is 107 Å². The van der Waals surface area contributed by atoms with Gasteiger partial charge in [-0.2, -0.15) is 0 Å². The fourth-order valence-electron chi connectivity index (χ4n) is 18.0. The summed E-state index contributed by atoms with van der Waals surface area (Å²) in [5.41, 5.74) is 22.5. The van der Waals surface area contributed by atoms with E-state index in [1.807, 2.05) is 72.2 Å². The Labute approximate surface area is 853 Å². The highest BCUT2D eigenvalue weighted by molar-refractivity contribution is 5.71. The van der Waals surface area contributed by atoms with Gasteiger partial charge in [-0.1, -0.05) is 326 Å². The molecule has 0 aromatic carbocycles. The summed E-state index contributed by atoms with van der Waals surface area (Å²) >= 11 is 0. The summed E-state index contributed by atoms with van der Waals surface area (Å²) in [5, 5.41) is 0. The van der Waals surface area contributed by atoms with Gasteiger partial charge in [0.05, 0.1) is 6.42 Å². The summed E-state index contributed by atoms with van der Waals surface area (Å²) in [6.45, 7) is 54.2. The molecule has 13 heteroatoms. The monoisotopic (exact) mass is 1910 g/mol. The van der Waals surface area contributed by atoms with Crippen LogP contribution in [0.2, 0.25) is 0 Å². The molecule has 0 spiro atoms. The highest BCUT2D eigenvalue weighted by atomic mass is 16.5. The van der Waals surface area contributed by atoms with E-state index < -0.39 is 0 Å². The van der Waals surface area contributed by atoms with E-state index in [-0.39, 0.29) is 45.5 Å². The SMILES string of the molecule is CC1=C(/C=C/C(C)=C/C=C/C(C)=C/COC(=O)CCCCCC/C=C\C/C=C\CCCCCN(C)C)C(C)(C)CCC1.CC1=C(/C=C/C(C)=C/C=C/C(C)=C/COC(=O)CCCCCCCCCCN(C)C)C(C)(C)CCC1.CC1=C(/C=C/C(C)=C/C=C/C(C)=C/COC(=O)CCCN(C)C)C(C)(C)CCC1.CC1=C(/C=C/C(C)=C/C=C/C(C)=C/COC(=O)CCN2CCN(C)CC2)C(C)(C)CCC1. The largest absolute Gasteiger partial charge is 0.461 e. The molecular formula is C126H203N5O8. The first-order chi connectivity index (χ1) is 66.0.